The van der Waals surface area contributed by atoms with Gasteiger partial charge in [0.2, 0.25) is 0 Å². The molecule has 0 atom stereocenters. The number of carboxylic acid groups (broad SMARTS) is 2. The summed E-state index contributed by atoms with van der Waals surface area (Å²) in [5.41, 5.74) is -0.724. The van der Waals surface area contributed by atoms with Gasteiger partial charge in [0, 0.05) is 0 Å². The minimum atomic E-state index is -5.08. The van der Waals surface area contributed by atoms with Gasteiger partial charge >= 0.3 is 169 Å². The van der Waals surface area contributed by atoms with Crippen LogP contribution in [-0.4, -0.2) is 85.8 Å². The van der Waals surface area contributed by atoms with Crippen LogP contribution in [0.3, 0.4) is 0 Å². The average molecular weight is 734 g/mol. The van der Waals surface area contributed by atoms with Gasteiger partial charge in [-0.2, -0.15) is 26.3 Å². The van der Waals surface area contributed by atoms with Gasteiger partial charge in [-0.3, -0.25) is 0 Å². The molecule has 0 saturated heterocycles. The number of carboxylic acids is 2. The Morgan fingerprint density at radius 3 is 1.68 bits per heavy atom. The van der Waals surface area contributed by atoms with Crippen molar-refractivity contribution in [1.29, 1.82) is 0 Å². The zero-order valence-corrected chi connectivity index (χ0v) is 21.9. The van der Waals surface area contributed by atoms with Crippen molar-refractivity contribution in [3.63, 3.8) is 0 Å². The summed E-state index contributed by atoms with van der Waals surface area (Å²) in [5, 5.41) is 62.7. The van der Waals surface area contributed by atoms with E-state index in [1.165, 1.54) is 12.1 Å². The standard InChI is InChI=1S/C15H9O7.2C2HF3O2.Tl/c16-7-4-10(19)12-11(5-7)22-15(14(21)13(12)20)6-1-2-8(17)9(18)3-6;2*3-2(4,5)1(6)7;/h1-2,4-5,16-19,21H;2*(H,6,7);. The molecule has 11 nitrogen and oxygen atoms in total. The predicted molar refractivity (Wildman–Crippen MR) is 109 cm³/mol. The van der Waals surface area contributed by atoms with Crippen LogP contribution in [-0.2, 0) is 9.59 Å². The van der Waals surface area contributed by atoms with Crippen molar-refractivity contribution >= 4 is 51.8 Å². The maximum absolute atomic E-state index is 12.3. The number of carbonyl (C=O) groups is 2. The van der Waals surface area contributed by atoms with Gasteiger partial charge in [-0.1, -0.05) is 0 Å². The summed E-state index contributed by atoms with van der Waals surface area (Å²) >= 11 is 0.0695. The van der Waals surface area contributed by atoms with Crippen LogP contribution in [0.2, 0.25) is 0 Å². The molecular formula is C19H11F6O11Tl. The summed E-state index contributed by atoms with van der Waals surface area (Å²) in [4.78, 5) is 30.1. The van der Waals surface area contributed by atoms with Crippen LogP contribution >= 0.6 is 0 Å². The van der Waals surface area contributed by atoms with Crippen molar-refractivity contribution in [2.45, 2.75) is 12.4 Å². The SMILES string of the molecule is O=C(O)C(F)(F)F.O=C(O)C(F)(F)F.O=c1c(O)c(-c2ccc(O)c(O)[c]2[Tl])oc2cc(O)cc(O)c12. The van der Waals surface area contributed by atoms with Crippen molar-refractivity contribution < 1.29 is 76.1 Å². The number of phenols is 4. The van der Waals surface area contributed by atoms with E-state index in [-0.39, 0.29) is 65.3 Å². The summed E-state index contributed by atoms with van der Waals surface area (Å²) in [7, 11) is 0. The Morgan fingerprint density at radius 1 is 0.784 bits per heavy atom. The van der Waals surface area contributed by atoms with Crippen LogP contribution in [0.1, 0.15) is 0 Å². The van der Waals surface area contributed by atoms with Crippen molar-refractivity contribution in [1.82, 2.24) is 0 Å². The second-order valence-electron chi connectivity index (χ2n) is 6.45. The fraction of sp³-hybridized carbons (Fsp3) is 0.105. The molecule has 0 aliphatic rings. The Hall–Kier alpha value is -3.91. The molecule has 3 aromatic rings. The number of alkyl halides is 6. The molecule has 0 aliphatic carbocycles. The molecule has 18 heteroatoms. The Kier molecular flexibility index (Phi) is 9.62. The van der Waals surface area contributed by atoms with E-state index in [9.17, 15) is 56.7 Å². The number of fused-ring (bicyclic) bond motifs is 1. The van der Waals surface area contributed by atoms with Gasteiger partial charge in [-0.15, -0.1) is 0 Å². The number of aliphatic carboxylic acids is 2. The third kappa shape index (κ3) is 7.79. The van der Waals surface area contributed by atoms with E-state index >= 15 is 0 Å². The number of benzene rings is 2. The Bertz CT molecular complexity index is 1370. The molecule has 0 bridgehead atoms. The van der Waals surface area contributed by atoms with Crippen molar-refractivity contribution in [3.8, 4) is 40.1 Å². The second-order valence-corrected chi connectivity index (χ2v) is 8.69. The Morgan fingerprint density at radius 2 is 1.24 bits per heavy atom. The molecule has 0 spiro atoms. The first-order chi connectivity index (χ1) is 16.7. The topological polar surface area (TPSA) is 206 Å². The molecule has 0 amide bonds. The summed E-state index contributed by atoms with van der Waals surface area (Å²) in [6, 6.07) is 4.70. The fourth-order valence-corrected chi connectivity index (χ4v) is 3.71. The number of rotatable bonds is 1. The first kappa shape index (κ1) is 31.1. The molecule has 37 heavy (non-hydrogen) atoms. The molecular weight excluding hydrogens is 723 g/mol. The Balaban J connectivity index is 0.000000404. The number of aromatic hydroxyl groups is 5. The van der Waals surface area contributed by atoms with Crippen molar-refractivity contribution in [2.75, 3.05) is 0 Å². The van der Waals surface area contributed by atoms with E-state index in [1.54, 1.807) is 0 Å². The third-order valence-corrected chi connectivity index (χ3v) is 6.13. The first-order valence-electron chi connectivity index (χ1n) is 8.82. The second kappa shape index (κ2) is 11.4. The van der Waals surface area contributed by atoms with Crippen LogP contribution in [0.5, 0.6) is 28.7 Å². The molecule has 0 saturated carbocycles. The van der Waals surface area contributed by atoms with Gasteiger partial charge in [0.1, 0.15) is 0 Å². The molecule has 7 N–H and O–H groups in total. The van der Waals surface area contributed by atoms with Gasteiger partial charge in [0.15, 0.2) is 0 Å². The van der Waals surface area contributed by atoms with E-state index in [4.69, 9.17) is 24.2 Å². The normalized spacial score (nSPS) is 11.1. The predicted octanol–water partition coefficient (Wildman–Crippen LogP) is 2.05. The van der Waals surface area contributed by atoms with E-state index in [2.05, 4.69) is 0 Å². The monoisotopic (exact) mass is 734 g/mol. The molecule has 0 radical (unpaired) electrons. The van der Waals surface area contributed by atoms with Crippen LogP contribution in [0.25, 0.3) is 22.3 Å². The maximum atomic E-state index is 12.3. The van der Waals surface area contributed by atoms with Crippen LogP contribution in [0.15, 0.2) is 33.5 Å². The first-order valence-corrected chi connectivity index (χ1v) is 11.1. The van der Waals surface area contributed by atoms with Crippen LogP contribution in [0.4, 0.5) is 26.3 Å². The quantitative estimate of drug-likeness (QED) is 0.110. The van der Waals surface area contributed by atoms with Gasteiger partial charge in [0.05, 0.1) is 0 Å². The van der Waals surface area contributed by atoms with Crippen LogP contribution in [0, 0.1) is 0 Å². The van der Waals surface area contributed by atoms with Gasteiger partial charge in [-0.05, 0) is 0 Å². The molecule has 2 aromatic carbocycles. The third-order valence-electron chi connectivity index (χ3n) is 3.86. The van der Waals surface area contributed by atoms with Gasteiger partial charge in [0.25, 0.3) is 0 Å². The van der Waals surface area contributed by atoms with Gasteiger partial charge < -0.3 is 10.2 Å². The van der Waals surface area contributed by atoms with Gasteiger partial charge in [-0.25, -0.2) is 9.59 Å². The number of halogens is 6. The average Bonchev–Trinajstić information content (AvgIpc) is 2.74. The van der Waals surface area contributed by atoms with E-state index in [0.29, 0.717) is 3.12 Å². The summed E-state index contributed by atoms with van der Waals surface area (Å²) in [5.74, 6) is -7.93. The molecule has 3 rings (SSSR count). The summed E-state index contributed by atoms with van der Waals surface area (Å²) in [6.07, 6.45) is -10.2. The van der Waals surface area contributed by atoms with E-state index in [1.807, 2.05) is 0 Å². The molecule has 1 heterocycles. The molecule has 1 aromatic heterocycles. The fourth-order valence-electron chi connectivity index (χ4n) is 2.25. The van der Waals surface area contributed by atoms with E-state index in [0.717, 1.165) is 12.1 Å². The van der Waals surface area contributed by atoms with Crippen molar-refractivity contribution in [3.05, 3.63) is 34.5 Å². The Labute approximate surface area is 214 Å². The number of phenolic OH excluding ortho intramolecular Hbond substituents is 4. The molecule has 198 valence electrons. The zero-order chi connectivity index (χ0) is 29.0. The minimum absolute atomic E-state index is 0.0695. The number of hydrogen-bond acceptors (Lipinski definition) is 9. The van der Waals surface area contributed by atoms with Crippen molar-refractivity contribution in [2.24, 2.45) is 0 Å². The number of hydrogen-bond donors (Lipinski definition) is 7. The zero-order valence-electron chi connectivity index (χ0n) is 17.4. The molecule has 0 fully saturated rings. The van der Waals surface area contributed by atoms with Crippen LogP contribution < -0.4 is 8.55 Å². The summed E-state index contributed by atoms with van der Waals surface area (Å²) < 4.78 is 69.3. The molecule has 0 aliphatic heterocycles. The summed E-state index contributed by atoms with van der Waals surface area (Å²) in [6.45, 7) is 0. The van der Waals surface area contributed by atoms with E-state index < -0.39 is 41.2 Å². The molecule has 0 unspecified atom stereocenters.